The lowest BCUT2D eigenvalue weighted by Crippen LogP contribution is -1.81. The van der Waals surface area contributed by atoms with E-state index in [4.69, 9.17) is 11.6 Å². The van der Waals surface area contributed by atoms with E-state index < -0.39 is 0 Å². The van der Waals surface area contributed by atoms with Crippen LogP contribution in [0.25, 0.3) is 6.08 Å². The Balaban J connectivity index is 3.03. The zero-order valence-electron chi connectivity index (χ0n) is 7.77. The van der Waals surface area contributed by atoms with Crippen LogP contribution in [-0.4, -0.2) is 5.88 Å². The molecule has 0 bridgehead atoms. The number of hydrogen-bond donors (Lipinski definition) is 0. The monoisotopic (exact) mass is 258 g/mol. The number of hydrogen-bond acceptors (Lipinski definition) is 0. The average Bonchev–Trinajstić information content (AvgIpc) is 2.09. The molecule has 0 radical (unpaired) electrons. The molecule has 0 nitrogen and oxygen atoms in total. The normalized spacial score (nSPS) is 11.8. The van der Waals surface area contributed by atoms with E-state index in [9.17, 15) is 0 Å². The predicted molar refractivity (Wildman–Crippen MR) is 63.3 cm³/mol. The summed E-state index contributed by atoms with van der Waals surface area (Å²) in [5.41, 5.74) is 3.61. The summed E-state index contributed by atoms with van der Waals surface area (Å²) in [6, 6.07) is 6.29. The lowest BCUT2D eigenvalue weighted by molar-refractivity contribution is 1.40. The second-order valence-electron chi connectivity index (χ2n) is 3.15. The summed E-state index contributed by atoms with van der Waals surface area (Å²) in [6.07, 6.45) is 2.09. The van der Waals surface area contributed by atoms with Crippen LogP contribution in [0.5, 0.6) is 0 Å². The maximum atomic E-state index is 5.70. The third kappa shape index (κ3) is 3.17. The van der Waals surface area contributed by atoms with Gasteiger partial charge in [-0.05, 0) is 31.0 Å². The van der Waals surface area contributed by atoms with Gasteiger partial charge in [0.25, 0.3) is 0 Å². The first-order chi connectivity index (χ1) is 6.13. The van der Waals surface area contributed by atoms with Crippen molar-refractivity contribution in [1.82, 2.24) is 0 Å². The van der Waals surface area contributed by atoms with Crippen molar-refractivity contribution in [3.63, 3.8) is 0 Å². The molecule has 70 valence electrons. The zero-order valence-corrected chi connectivity index (χ0v) is 10.1. The van der Waals surface area contributed by atoms with E-state index in [-0.39, 0.29) is 0 Å². The van der Waals surface area contributed by atoms with Crippen molar-refractivity contribution < 1.29 is 0 Å². The molecule has 0 aliphatic heterocycles. The molecule has 0 atom stereocenters. The lowest BCUT2D eigenvalue weighted by atomic mass is 10.1. The van der Waals surface area contributed by atoms with Gasteiger partial charge in [0.15, 0.2) is 0 Å². The molecule has 0 aliphatic carbocycles. The molecular weight excluding hydrogens is 247 g/mol. The highest BCUT2D eigenvalue weighted by molar-refractivity contribution is 9.10. The van der Waals surface area contributed by atoms with Gasteiger partial charge in [0.05, 0.1) is 0 Å². The van der Waals surface area contributed by atoms with E-state index in [0.29, 0.717) is 5.88 Å². The second kappa shape index (κ2) is 4.83. The highest BCUT2D eigenvalue weighted by Crippen LogP contribution is 2.21. The van der Waals surface area contributed by atoms with Crippen LogP contribution < -0.4 is 0 Å². The van der Waals surface area contributed by atoms with Gasteiger partial charge < -0.3 is 0 Å². The van der Waals surface area contributed by atoms with Gasteiger partial charge in [-0.2, -0.15) is 0 Å². The Hall–Kier alpha value is -0.270. The molecule has 13 heavy (non-hydrogen) atoms. The summed E-state index contributed by atoms with van der Waals surface area (Å²) < 4.78 is 1.12. The number of benzene rings is 1. The molecule has 0 unspecified atom stereocenters. The van der Waals surface area contributed by atoms with Crippen molar-refractivity contribution in [2.24, 2.45) is 0 Å². The molecule has 0 spiro atoms. The third-order valence-corrected chi connectivity index (χ3v) is 2.88. The molecule has 1 rings (SSSR count). The van der Waals surface area contributed by atoms with Crippen molar-refractivity contribution >= 4 is 33.6 Å². The van der Waals surface area contributed by atoms with Crippen molar-refractivity contribution in [2.45, 2.75) is 13.8 Å². The highest BCUT2D eigenvalue weighted by atomic mass is 79.9. The van der Waals surface area contributed by atoms with Gasteiger partial charge in [0.2, 0.25) is 0 Å². The van der Waals surface area contributed by atoms with Crippen LogP contribution in [0, 0.1) is 6.92 Å². The van der Waals surface area contributed by atoms with Crippen LogP contribution in [0.15, 0.2) is 28.2 Å². The van der Waals surface area contributed by atoms with Gasteiger partial charge in [-0.1, -0.05) is 39.7 Å². The number of halogens is 2. The Labute approximate surface area is 92.7 Å². The summed E-state index contributed by atoms with van der Waals surface area (Å²) in [4.78, 5) is 0. The second-order valence-corrected chi connectivity index (χ2v) is 4.27. The molecule has 1 aromatic carbocycles. The average molecular weight is 260 g/mol. The number of alkyl halides is 1. The van der Waals surface area contributed by atoms with Crippen LogP contribution in [0.4, 0.5) is 0 Å². The summed E-state index contributed by atoms with van der Waals surface area (Å²) >= 11 is 9.22. The van der Waals surface area contributed by atoms with E-state index in [2.05, 4.69) is 47.1 Å². The molecule has 0 heterocycles. The maximum absolute atomic E-state index is 5.70. The van der Waals surface area contributed by atoms with Crippen molar-refractivity contribution in [3.05, 3.63) is 39.4 Å². The Bertz CT molecular complexity index is 329. The summed E-state index contributed by atoms with van der Waals surface area (Å²) in [5.74, 6) is 0.584. The van der Waals surface area contributed by atoms with Crippen LogP contribution in [0.3, 0.4) is 0 Å². The largest absolute Gasteiger partial charge is 0.122 e. The van der Waals surface area contributed by atoms with Crippen LogP contribution in [-0.2, 0) is 0 Å². The van der Waals surface area contributed by atoms with Gasteiger partial charge in [-0.25, -0.2) is 0 Å². The van der Waals surface area contributed by atoms with Crippen LogP contribution in [0.1, 0.15) is 18.1 Å². The van der Waals surface area contributed by atoms with Crippen molar-refractivity contribution in [2.75, 3.05) is 5.88 Å². The maximum Gasteiger partial charge on any atom is 0.0434 e. The summed E-state index contributed by atoms with van der Waals surface area (Å²) in [7, 11) is 0. The minimum Gasteiger partial charge on any atom is -0.122 e. The Morgan fingerprint density at radius 1 is 1.54 bits per heavy atom. The predicted octanol–water partition coefficient (Wildman–Crippen LogP) is 4.40. The molecule has 1 aromatic rings. The number of rotatable bonds is 2. The number of allylic oxidation sites excluding steroid dienone is 1. The Kier molecular flexibility index (Phi) is 4.01. The third-order valence-electron chi connectivity index (χ3n) is 1.77. The first-order valence-corrected chi connectivity index (χ1v) is 5.45. The molecule has 0 aliphatic rings. The van der Waals surface area contributed by atoms with E-state index in [1.54, 1.807) is 0 Å². The smallest absolute Gasteiger partial charge is 0.0434 e. The topological polar surface area (TPSA) is 0 Å². The number of aryl methyl sites for hydroxylation is 1. The zero-order chi connectivity index (χ0) is 9.84. The summed E-state index contributed by atoms with van der Waals surface area (Å²) in [6.45, 7) is 4.10. The van der Waals surface area contributed by atoms with E-state index >= 15 is 0 Å². The van der Waals surface area contributed by atoms with Gasteiger partial charge in [0, 0.05) is 10.4 Å². The fourth-order valence-electron chi connectivity index (χ4n) is 1.05. The molecule has 0 amide bonds. The fourth-order valence-corrected chi connectivity index (χ4v) is 1.74. The molecule has 0 saturated carbocycles. The van der Waals surface area contributed by atoms with E-state index in [1.165, 1.54) is 16.7 Å². The van der Waals surface area contributed by atoms with Crippen molar-refractivity contribution in [1.29, 1.82) is 0 Å². The Morgan fingerprint density at radius 2 is 2.23 bits per heavy atom. The standard InChI is InChI=1S/C11H12BrCl/c1-8-3-4-10(11(12)6-8)5-9(2)7-13/h3-6H,7H2,1-2H3/b9-5-. The SMILES string of the molecule is C/C(=C/c1ccc(C)cc1Br)CCl. The van der Waals surface area contributed by atoms with Crippen LogP contribution >= 0.6 is 27.5 Å². The summed E-state index contributed by atoms with van der Waals surface area (Å²) in [5, 5.41) is 0. The fraction of sp³-hybridized carbons (Fsp3) is 0.273. The van der Waals surface area contributed by atoms with E-state index in [1.807, 2.05) is 6.92 Å². The molecule has 0 fully saturated rings. The van der Waals surface area contributed by atoms with Crippen molar-refractivity contribution in [3.8, 4) is 0 Å². The van der Waals surface area contributed by atoms with Gasteiger partial charge >= 0.3 is 0 Å². The van der Waals surface area contributed by atoms with Gasteiger partial charge in [-0.3, -0.25) is 0 Å². The minimum atomic E-state index is 0.584. The van der Waals surface area contributed by atoms with Gasteiger partial charge in [-0.15, -0.1) is 11.6 Å². The highest BCUT2D eigenvalue weighted by Gasteiger charge is 1.96. The first kappa shape index (κ1) is 10.8. The van der Waals surface area contributed by atoms with E-state index in [0.717, 1.165) is 4.47 Å². The van der Waals surface area contributed by atoms with Gasteiger partial charge in [0.1, 0.15) is 0 Å². The quantitative estimate of drug-likeness (QED) is 0.691. The lowest BCUT2D eigenvalue weighted by Gasteiger charge is -2.01. The first-order valence-electron chi connectivity index (χ1n) is 4.13. The van der Waals surface area contributed by atoms with Crippen LogP contribution in [0.2, 0.25) is 0 Å². The molecule has 2 heteroatoms. The Morgan fingerprint density at radius 3 is 2.77 bits per heavy atom. The molecule has 0 saturated heterocycles. The minimum absolute atomic E-state index is 0.584. The molecule has 0 aromatic heterocycles. The molecule has 0 N–H and O–H groups in total. The molecular formula is C11H12BrCl.